The molecule has 5 nitrogen and oxygen atoms in total. The van der Waals surface area contributed by atoms with Gasteiger partial charge in [0, 0.05) is 25.0 Å². The van der Waals surface area contributed by atoms with Crippen LogP contribution < -0.4 is 10.6 Å². The molecule has 0 fully saturated rings. The summed E-state index contributed by atoms with van der Waals surface area (Å²) in [6.07, 6.45) is 3.34. The number of urea groups is 1. The van der Waals surface area contributed by atoms with Gasteiger partial charge in [0.15, 0.2) is 0 Å². The Balaban J connectivity index is 1.88. The molecule has 1 aromatic carbocycles. The molecule has 0 spiro atoms. The first-order chi connectivity index (χ1) is 11.2. The number of benzene rings is 1. The van der Waals surface area contributed by atoms with Crippen molar-refractivity contribution in [3.8, 4) is 0 Å². The molecule has 5 heteroatoms. The molecule has 0 aliphatic heterocycles. The monoisotopic (exact) mass is 333 g/mol. The molecule has 2 amide bonds. The number of nitrogens with one attached hydrogen (secondary N) is 2. The minimum atomic E-state index is -0.942. The third kappa shape index (κ3) is 4.95. The molecule has 0 bridgehead atoms. The second kappa shape index (κ2) is 7.53. The van der Waals surface area contributed by atoms with Crippen molar-refractivity contribution in [2.24, 2.45) is 0 Å². The molecule has 2 unspecified atom stereocenters. The van der Waals surface area contributed by atoms with Gasteiger partial charge in [-0.25, -0.2) is 4.79 Å². The molecule has 2 atom stereocenters. The highest BCUT2D eigenvalue weighted by atomic mass is 16.3. The zero-order valence-electron chi connectivity index (χ0n) is 15.4. The minimum absolute atomic E-state index is 0.0294. The van der Waals surface area contributed by atoms with E-state index >= 15 is 0 Å². The van der Waals surface area contributed by atoms with Crippen LogP contribution in [0.2, 0.25) is 0 Å². The number of hydrogen-bond donors (Lipinski definition) is 3. The maximum Gasteiger partial charge on any atom is 0.314 e. The third-order valence-electron chi connectivity index (χ3n) is 4.77. The Labute approximate surface area is 145 Å². The lowest BCUT2D eigenvalue weighted by Gasteiger charge is -2.36. The number of hydrogen-bond acceptors (Lipinski definition) is 3. The van der Waals surface area contributed by atoms with Crippen LogP contribution in [0.3, 0.4) is 0 Å². The van der Waals surface area contributed by atoms with Crippen LogP contribution in [-0.2, 0) is 11.8 Å². The molecule has 2 rings (SSSR count). The largest absolute Gasteiger partial charge is 0.387 e. The molecular formula is C19H31N3O2. The average molecular weight is 333 g/mol. The zero-order chi connectivity index (χ0) is 17.8. The third-order valence-corrected chi connectivity index (χ3v) is 4.77. The highest BCUT2D eigenvalue weighted by molar-refractivity contribution is 5.74. The summed E-state index contributed by atoms with van der Waals surface area (Å²) >= 11 is 0. The number of aliphatic hydroxyl groups is 1. The van der Waals surface area contributed by atoms with E-state index in [1.54, 1.807) is 6.92 Å². The highest BCUT2D eigenvalue weighted by Crippen LogP contribution is 2.36. The van der Waals surface area contributed by atoms with Gasteiger partial charge in [0.05, 0.1) is 5.60 Å². The average Bonchev–Trinajstić information content (AvgIpc) is 2.50. The fourth-order valence-electron chi connectivity index (χ4n) is 3.66. The number of carbonyl (C=O) groups excluding carboxylic acids is 1. The predicted octanol–water partition coefficient (Wildman–Crippen LogP) is 1.89. The fraction of sp³-hybridized carbons (Fsp3) is 0.632. The molecule has 0 heterocycles. The Bertz CT molecular complexity index is 571. The molecule has 0 saturated heterocycles. The quantitative estimate of drug-likeness (QED) is 0.745. The van der Waals surface area contributed by atoms with Crippen molar-refractivity contribution in [3.05, 3.63) is 35.4 Å². The smallest absolute Gasteiger partial charge is 0.314 e. The van der Waals surface area contributed by atoms with Crippen LogP contribution in [0, 0.1) is 0 Å². The normalized spacial score (nSPS) is 22.6. The molecular weight excluding hydrogens is 302 g/mol. The van der Waals surface area contributed by atoms with Crippen molar-refractivity contribution in [1.82, 2.24) is 15.5 Å². The van der Waals surface area contributed by atoms with Gasteiger partial charge in [-0.05, 0) is 51.4 Å². The van der Waals surface area contributed by atoms with E-state index in [9.17, 15) is 9.90 Å². The Hall–Kier alpha value is -1.59. The van der Waals surface area contributed by atoms with Crippen LogP contribution in [0.5, 0.6) is 0 Å². The Morgan fingerprint density at radius 2 is 2.04 bits per heavy atom. The first kappa shape index (κ1) is 18.7. The molecule has 134 valence electrons. The van der Waals surface area contributed by atoms with Crippen LogP contribution in [0.15, 0.2) is 24.3 Å². The van der Waals surface area contributed by atoms with E-state index in [1.807, 2.05) is 19.0 Å². The summed E-state index contributed by atoms with van der Waals surface area (Å²) in [5.41, 5.74) is 1.76. The molecule has 0 aromatic heterocycles. The van der Waals surface area contributed by atoms with Gasteiger partial charge in [0.1, 0.15) is 0 Å². The number of rotatable bonds is 6. The molecule has 1 aliphatic rings. The van der Waals surface area contributed by atoms with Gasteiger partial charge in [-0.3, -0.25) is 0 Å². The topological polar surface area (TPSA) is 64.6 Å². The number of aryl methyl sites for hydroxylation is 1. The van der Waals surface area contributed by atoms with Gasteiger partial charge < -0.3 is 20.6 Å². The highest BCUT2D eigenvalue weighted by Gasteiger charge is 2.32. The fourth-order valence-corrected chi connectivity index (χ4v) is 3.66. The van der Waals surface area contributed by atoms with Crippen LogP contribution in [0.4, 0.5) is 4.79 Å². The summed E-state index contributed by atoms with van der Waals surface area (Å²) in [7, 11) is 3.80. The van der Waals surface area contributed by atoms with E-state index < -0.39 is 5.60 Å². The van der Waals surface area contributed by atoms with Crippen LogP contribution in [0.25, 0.3) is 0 Å². The van der Waals surface area contributed by atoms with E-state index in [2.05, 4.69) is 41.8 Å². The van der Waals surface area contributed by atoms with E-state index in [0.717, 1.165) is 19.3 Å². The number of amides is 2. The van der Waals surface area contributed by atoms with Crippen molar-refractivity contribution < 1.29 is 9.90 Å². The van der Waals surface area contributed by atoms with Crippen molar-refractivity contribution in [2.45, 2.75) is 44.1 Å². The molecule has 0 saturated carbocycles. The number of nitrogens with zero attached hydrogens (tertiary/aromatic N) is 1. The second-order valence-corrected chi connectivity index (χ2v) is 7.84. The SMILES string of the molecule is CN(C)CC(C)(O)CNC(=O)NCC1(C)CCCc2ccccc21. The van der Waals surface area contributed by atoms with Gasteiger partial charge in [-0.15, -0.1) is 0 Å². The maximum absolute atomic E-state index is 12.1. The standard InChI is InChI=1S/C19H31N3O2/c1-18(11-7-9-15-8-5-6-10-16(15)18)12-20-17(23)21-13-19(2,24)14-22(3)4/h5-6,8,10,24H,7,9,11-14H2,1-4H3,(H2,20,21,23). The summed E-state index contributed by atoms with van der Waals surface area (Å²) in [4.78, 5) is 14.0. The van der Waals surface area contributed by atoms with Gasteiger partial charge >= 0.3 is 6.03 Å². The second-order valence-electron chi connectivity index (χ2n) is 7.84. The summed E-state index contributed by atoms with van der Waals surface area (Å²) < 4.78 is 0. The van der Waals surface area contributed by atoms with Gasteiger partial charge in [0.2, 0.25) is 0 Å². The Morgan fingerprint density at radius 1 is 1.33 bits per heavy atom. The minimum Gasteiger partial charge on any atom is -0.387 e. The number of fused-ring (bicyclic) bond motifs is 1. The summed E-state index contributed by atoms with van der Waals surface area (Å²) in [6, 6.07) is 8.29. The number of likely N-dealkylation sites (N-methyl/N-ethyl adjacent to an activating group) is 1. The van der Waals surface area contributed by atoms with E-state index in [4.69, 9.17) is 0 Å². The molecule has 0 radical (unpaired) electrons. The van der Waals surface area contributed by atoms with Crippen LogP contribution >= 0.6 is 0 Å². The molecule has 1 aliphatic carbocycles. The lowest BCUT2D eigenvalue weighted by atomic mass is 9.71. The van der Waals surface area contributed by atoms with Gasteiger partial charge in [-0.1, -0.05) is 31.2 Å². The Kier molecular flexibility index (Phi) is 5.88. The van der Waals surface area contributed by atoms with Gasteiger partial charge in [0.25, 0.3) is 0 Å². The first-order valence-electron chi connectivity index (χ1n) is 8.69. The van der Waals surface area contributed by atoms with Crippen molar-refractivity contribution in [3.63, 3.8) is 0 Å². The van der Waals surface area contributed by atoms with Crippen molar-refractivity contribution in [2.75, 3.05) is 33.7 Å². The first-order valence-corrected chi connectivity index (χ1v) is 8.69. The molecule has 1 aromatic rings. The van der Waals surface area contributed by atoms with Crippen molar-refractivity contribution in [1.29, 1.82) is 0 Å². The maximum atomic E-state index is 12.1. The van der Waals surface area contributed by atoms with Crippen LogP contribution in [0.1, 0.15) is 37.8 Å². The number of carbonyl (C=O) groups is 1. The predicted molar refractivity (Wildman–Crippen MR) is 97.3 cm³/mol. The summed E-state index contributed by atoms with van der Waals surface area (Å²) in [6.45, 7) is 5.27. The summed E-state index contributed by atoms with van der Waals surface area (Å²) in [5.74, 6) is 0. The lowest BCUT2D eigenvalue weighted by molar-refractivity contribution is 0.0360. The van der Waals surface area contributed by atoms with E-state index in [1.165, 1.54) is 11.1 Å². The lowest BCUT2D eigenvalue weighted by Crippen LogP contribution is -2.51. The summed E-state index contributed by atoms with van der Waals surface area (Å²) in [5, 5.41) is 16.0. The van der Waals surface area contributed by atoms with Gasteiger partial charge in [-0.2, -0.15) is 0 Å². The zero-order valence-corrected chi connectivity index (χ0v) is 15.4. The molecule has 3 N–H and O–H groups in total. The Morgan fingerprint density at radius 3 is 2.75 bits per heavy atom. The van der Waals surface area contributed by atoms with Crippen LogP contribution in [-0.4, -0.2) is 55.4 Å². The van der Waals surface area contributed by atoms with E-state index in [-0.39, 0.29) is 18.0 Å². The molecule has 24 heavy (non-hydrogen) atoms. The van der Waals surface area contributed by atoms with E-state index in [0.29, 0.717) is 13.1 Å². The van der Waals surface area contributed by atoms with Crippen molar-refractivity contribution >= 4 is 6.03 Å².